The normalized spacial score (nSPS) is 10.5. The van der Waals surface area contributed by atoms with E-state index >= 15 is 0 Å². The van der Waals surface area contributed by atoms with E-state index in [9.17, 15) is 4.79 Å². The molecule has 0 aliphatic carbocycles. The van der Waals surface area contributed by atoms with E-state index in [-0.39, 0.29) is 5.91 Å². The van der Waals surface area contributed by atoms with Crippen LogP contribution in [0, 0.1) is 0 Å². The monoisotopic (exact) mass is 435 g/mol. The fraction of sp³-hybridized carbons (Fsp3) is 0. The first-order valence-corrected chi connectivity index (χ1v) is 9.12. The standard InChI is InChI=1S/C20H14BrN5O2/c21-17-4-2-1-3-16(17)20(27)25-14-5-7-15(8-6-14)28-19-11-18(23-12-24-19)26-10-9-22-13-26/h1-13H,(H,25,27). The largest absolute Gasteiger partial charge is 0.439 e. The number of carbonyl (C=O) groups excluding carboxylic acids is 1. The Morgan fingerprint density at radius 2 is 1.89 bits per heavy atom. The lowest BCUT2D eigenvalue weighted by Crippen LogP contribution is -2.12. The van der Waals surface area contributed by atoms with Crippen LogP contribution < -0.4 is 10.1 Å². The molecule has 2 aromatic carbocycles. The molecule has 2 aromatic heterocycles. The van der Waals surface area contributed by atoms with Crippen molar-refractivity contribution in [1.29, 1.82) is 0 Å². The number of ether oxygens (including phenoxy) is 1. The molecule has 0 radical (unpaired) electrons. The number of anilines is 1. The predicted octanol–water partition coefficient (Wildman–Crippen LogP) is 4.47. The molecule has 28 heavy (non-hydrogen) atoms. The SMILES string of the molecule is O=C(Nc1ccc(Oc2cc(-n3ccnc3)ncn2)cc1)c1ccccc1Br. The minimum absolute atomic E-state index is 0.193. The Hall–Kier alpha value is -3.52. The maximum atomic E-state index is 12.4. The maximum Gasteiger partial charge on any atom is 0.256 e. The van der Waals surface area contributed by atoms with E-state index in [1.54, 1.807) is 59.7 Å². The number of imidazole rings is 1. The van der Waals surface area contributed by atoms with E-state index in [4.69, 9.17) is 4.74 Å². The zero-order valence-electron chi connectivity index (χ0n) is 14.5. The van der Waals surface area contributed by atoms with E-state index in [2.05, 4.69) is 36.2 Å². The van der Waals surface area contributed by atoms with E-state index < -0.39 is 0 Å². The Morgan fingerprint density at radius 1 is 1.07 bits per heavy atom. The van der Waals surface area contributed by atoms with Gasteiger partial charge in [-0.2, -0.15) is 0 Å². The minimum Gasteiger partial charge on any atom is -0.439 e. The lowest BCUT2D eigenvalue weighted by atomic mass is 10.2. The quantitative estimate of drug-likeness (QED) is 0.499. The zero-order valence-corrected chi connectivity index (χ0v) is 16.1. The number of rotatable bonds is 5. The third-order valence-electron chi connectivity index (χ3n) is 3.85. The average molecular weight is 436 g/mol. The molecular formula is C20H14BrN5O2. The topological polar surface area (TPSA) is 81.9 Å². The highest BCUT2D eigenvalue weighted by atomic mass is 79.9. The van der Waals surface area contributed by atoms with Crippen molar-refractivity contribution in [2.45, 2.75) is 0 Å². The summed E-state index contributed by atoms with van der Waals surface area (Å²) in [5, 5.41) is 2.86. The molecule has 0 unspecified atom stereocenters. The maximum absolute atomic E-state index is 12.4. The van der Waals surface area contributed by atoms with Gasteiger partial charge < -0.3 is 10.1 Å². The molecule has 0 atom stereocenters. The molecule has 0 saturated heterocycles. The first-order chi connectivity index (χ1) is 13.7. The van der Waals surface area contributed by atoms with Gasteiger partial charge in [-0.05, 0) is 52.3 Å². The van der Waals surface area contributed by atoms with Gasteiger partial charge in [0.1, 0.15) is 24.2 Å². The van der Waals surface area contributed by atoms with Gasteiger partial charge in [-0.3, -0.25) is 9.36 Å². The van der Waals surface area contributed by atoms with Crippen molar-refractivity contribution in [2.24, 2.45) is 0 Å². The van der Waals surface area contributed by atoms with Crippen molar-refractivity contribution < 1.29 is 9.53 Å². The van der Waals surface area contributed by atoms with Crippen molar-refractivity contribution in [3.63, 3.8) is 0 Å². The van der Waals surface area contributed by atoms with Crippen LogP contribution in [0.4, 0.5) is 5.69 Å². The fourth-order valence-corrected chi connectivity index (χ4v) is 2.96. The van der Waals surface area contributed by atoms with Gasteiger partial charge in [0, 0.05) is 28.6 Å². The van der Waals surface area contributed by atoms with Gasteiger partial charge in [0.05, 0.1) is 5.56 Å². The summed E-state index contributed by atoms with van der Waals surface area (Å²) in [6, 6.07) is 16.0. The molecule has 0 bridgehead atoms. The molecule has 7 nitrogen and oxygen atoms in total. The van der Waals surface area contributed by atoms with Crippen molar-refractivity contribution >= 4 is 27.5 Å². The highest BCUT2D eigenvalue weighted by molar-refractivity contribution is 9.10. The van der Waals surface area contributed by atoms with Gasteiger partial charge in [0.15, 0.2) is 0 Å². The molecule has 2 heterocycles. The molecule has 1 N–H and O–H groups in total. The summed E-state index contributed by atoms with van der Waals surface area (Å²) in [6.45, 7) is 0. The average Bonchev–Trinajstić information content (AvgIpc) is 3.25. The van der Waals surface area contributed by atoms with Crippen LogP contribution in [-0.4, -0.2) is 25.4 Å². The summed E-state index contributed by atoms with van der Waals surface area (Å²) >= 11 is 3.38. The van der Waals surface area contributed by atoms with E-state index in [0.29, 0.717) is 28.7 Å². The van der Waals surface area contributed by atoms with Crippen LogP contribution in [0.25, 0.3) is 5.82 Å². The summed E-state index contributed by atoms with van der Waals surface area (Å²) < 4.78 is 8.28. The van der Waals surface area contributed by atoms with E-state index in [1.807, 2.05) is 18.2 Å². The lowest BCUT2D eigenvalue weighted by molar-refractivity contribution is 0.102. The van der Waals surface area contributed by atoms with Crippen molar-refractivity contribution in [3.05, 3.63) is 89.7 Å². The molecular weight excluding hydrogens is 422 g/mol. The molecule has 138 valence electrons. The summed E-state index contributed by atoms with van der Waals surface area (Å²) in [5.74, 6) is 1.46. The molecule has 4 aromatic rings. The highest BCUT2D eigenvalue weighted by Gasteiger charge is 2.10. The molecule has 0 spiro atoms. The Kier molecular flexibility index (Phi) is 5.11. The van der Waals surface area contributed by atoms with Gasteiger partial charge in [-0.25, -0.2) is 15.0 Å². The van der Waals surface area contributed by atoms with Gasteiger partial charge in [0.2, 0.25) is 5.88 Å². The summed E-state index contributed by atoms with van der Waals surface area (Å²) in [6.07, 6.45) is 6.53. The van der Waals surface area contributed by atoms with Crippen LogP contribution in [0.15, 0.2) is 84.1 Å². The third-order valence-corrected chi connectivity index (χ3v) is 4.54. The van der Waals surface area contributed by atoms with Crippen LogP contribution in [0.5, 0.6) is 11.6 Å². The molecule has 0 aliphatic rings. The molecule has 0 saturated carbocycles. The number of halogens is 1. The second-order valence-electron chi connectivity index (χ2n) is 5.74. The molecule has 0 fully saturated rings. The van der Waals surface area contributed by atoms with Crippen LogP contribution in [-0.2, 0) is 0 Å². The molecule has 4 rings (SSSR count). The van der Waals surface area contributed by atoms with Crippen LogP contribution in [0.2, 0.25) is 0 Å². The Labute approximate surface area is 169 Å². The third kappa shape index (κ3) is 4.07. The van der Waals surface area contributed by atoms with E-state index in [0.717, 1.165) is 4.47 Å². The predicted molar refractivity (Wildman–Crippen MR) is 108 cm³/mol. The van der Waals surface area contributed by atoms with Crippen molar-refractivity contribution in [1.82, 2.24) is 19.5 Å². The lowest BCUT2D eigenvalue weighted by Gasteiger charge is -2.09. The highest BCUT2D eigenvalue weighted by Crippen LogP contribution is 2.23. The number of carbonyl (C=O) groups is 1. The Morgan fingerprint density at radius 3 is 2.64 bits per heavy atom. The number of nitrogens with zero attached hydrogens (tertiary/aromatic N) is 4. The van der Waals surface area contributed by atoms with E-state index in [1.165, 1.54) is 6.33 Å². The minimum atomic E-state index is -0.193. The number of benzene rings is 2. The Balaban J connectivity index is 1.45. The Bertz CT molecular complexity index is 1100. The molecule has 1 amide bonds. The van der Waals surface area contributed by atoms with Crippen LogP contribution in [0.3, 0.4) is 0 Å². The number of amides is 1. The van der Waals surface area contributed by atoms with Crippen molar-refractivity contribution in [2.75, 3.05) is 5.32 Å². The first kappa shape index (κ1) is 17.9. The van der Waals surface area contributed by atoms with Gasteiger partial charge in [-0.1, -0.05) is 12.1 Å². The number of hydrogen-bond donors (Lipinski definition) is 1. The van der Waals surface area contributed by atoms with Gasteiger partial charge in [0.25, 0.3) is 5.91 Å². The molecule has 0 aliphatic heterocycles. The van der Waals surface area contributed by atoms with Gasteiger partial charge in [-0.15, -0.1) is 0 Å². The van der Waals surface area contributed by atoms with Crippen LogP contribution >= 0.6 is 15.9 Å². The van der Waals surface area contributed by atoms with Crippen molar-refractivity contribution in [3.8, 4) is 17.4 Å². The number of nitrogens with one attached hydrogen (secondary N) is 1. The first-order valence-electron chi connectivity index (χ1n) is 8.33. The summed E-state index contributed by atoms with van der Waals surface area (Å²) in [4.78, 5) is 24.7. The summed E-state index contributed by atoms with van der Waals surface area (Å²) in [5.41, 5.74) is 1.23. The summed E-state index contributed by atoms with van der Waals surface area (Å²) in [7, 11) is 0. The zero-order chi connectivity index (χ0) is 19.3. The van der Waals surface area contributed by atoms with Gasteiger partial charge >= 0.3 is 0 Å². The van der Waals surface area contributed by atoms with Crippen LogP contribution in [0.1, 0.15) is 10.4 Å². The smallest absolute Gasteiger partial charge is 0.256 e. The fourth-order valence-electron chi connectivity index (χ4n) is 2.49. The molecule has 8 heteroatoms. The number of hydrogen-bond acceptors (Lipinski definition) is 5. The number of aromatic nitrogens is 4. The second-order valence-corrected chi connectivity index (χ2v) is 6.60. The second kappa shape index (κ2) is 8.01.